The zero-order valence-corrected chi connectivity index (χ0v) is 14.7. The summed E-state index contributed by atoms with van der Waals surface area (Å²) in [5.74, 6) is 0.0252. The van der Waals surface area contributed by atoms with Crippen molar-refractivity contribution >= 4 is 17.7 Å². The summed E-state index contributed by atoms with van der Waals surface area (Å²) in [5.41, 5.74) is 2.21. The second-order valence-corrected chi connectivity index (χ2v) is 6.17. The number of ether oxygens (including phenoxy) is 1. The van der Waals surface area contributed by atoms with E-state index in [0.29, 0.717) is 17.4 Å². The fourth-order valence-electron chi connectivity index (χ4n) is 2.21. The number of hydrogen-bond donors (Lipinski definition) is 1. The summed E-state index contributed by atoms with van der Waals surface area (Å²) in [6.45, 7) is 9.30. The minimum atomic E-state index is -0.477. The van der Waals surface area contributed by atoms with Gasteiger partial charge in [-0.05, 0) is 26.7 Å². The molecular weight excluding hydrogens is 310 g/mol. The van der Waals surface area contributed by atoms with Crippen LogP contribution in [0.3, 0.4) is 0 Å². The van der Waals surface area contributed by atoms with E-state index in [1.54, 1.807) is 11.4 Å². The van der Waals surface area contributed by atoms with Gasteiger partial charge in [-0.15, -0.1) is 0 Å². The average Bonchev–Trinajstić information content (AvgIpc) is 2.97. The van der Waals surface area contributed by atoms with Crippen LogP contribution in [0.15, 0.2) is 6.33 Å². The number of amides is 1. The minimum Gasteiger partial charge on any atom is -0.455 e. The molecule has 2 aromatic heterocycles. The van der Waals surface area contributed by atoms with Crippen LogP contribution < -0.4 is 5.32 Å². The Morgan fingerprint density at radius 2 is 2.00 bits per heavy atom. The highest BCUT2D eigenvalue weighted by atomic mass is 16.5. The van der Waals surface area contributed by atoms with Crippen LogP contribution in [0.4, 0.5) is 0 Å². The molecule has 1 amide bonds. The van der Waals surface area contributed by atoms with Gasteiger partial charge in [-0.1, -0.05) is 13.8 Å². The maximum Gasteiger partial charge on any atom is 0.310 e. The zero-order valence-electron chi connectivity index (χ0n) is 14.7. The third kappa shape index (κ3) is 4.06. The van der Waals surface area contributed by atoms with E-state index in [1.807, 2.05) is 27.7 Å². The van der Waals surface area contributed by atoms with Crippen molar-refractivity contribution in [3.8, 4) is 0 Å². The summed E-state index contributed by atoms with van der Waals surface area (Å²) in [5, 5.41) is 6.87. The predicted octanol–water partition coefficient (Wildman–Crippen LogP) is 0.988. The first kappa shape index (κ1) is 17.8. The van der Waals surface area contributed by atoms with Crippen LogP contribution in [0.2, 0.25) is 0 Å². The number of carbonyl (C=O) groups excluding carboxylic acids is 2. The van der Waals surface area contributed by atoms with Gasteiger partial charge in [0.05, 0.1) is 6.42 Å². The van der Waals surface area contributed by atoms with Gasteiger partial charge in [0.15, 0.2) is 6.61 Å². The fraction of sp³-hybridized carbons (Fsp3) is 0.562. The smallest absolute Gasteiger partial charge is 0.310 e. The van der Waals surface area contributed by atoms with Crippen molar-refractivity contribution in [3.05, 3.63) is 23.3 Å². The first-order valence-electron chi connectivity index (χ1n) is 7.90. The van der Waals surface area contributed by atoms with E-state index in [2.05, 4.69) is 20.4 Å². The molecule has 8 heteroatoms. The van der Waals surface area contributed by atoms with Gasteiger partial charge in [-0.25, -0.2) is 9.50 Å². The van der Waals surface area contributed by atoms with E-state index >= 15 is 0 Å². The van der Waals surface area contributed by atoms with Gasteiger partial charge in [-0.2, -0.15) is 10.1 Å². The van der Waals surface area contributed by atoms with E-state index in [4.69, 9.17) is 4.74 Å². The molecule has 0 fully saturated rings. The molecule has 0 saturated heterocycles. The lowest BCUT2D eigenvalue weighted by atomic mass is 10.1. The Bertz CT molecular complexity index is 753. The Hall–Kier alpha value is -2.51. The molecule has 0 bridgehead atoms. The van der Waals surface area contributed by atoms with Crippen LogP contribution in [0.1, 0.15) is 37.7 Å². The Morgan fingerprint density at radius 1 is 1.29 bits per heavy atom. The summed E-state index contributed by atoms with van der Waals surface area (Å²) in [4.78, 5) is 32.1. The average molecular weight is 333 g/mol. The van der Waals surface area contributed by atoms with Gasteiger partial charge in [0.2, 0.25) is 0 Å². The Labute approximate surface area is 140 Å². The van der Waals surface area contributed by atoms with Crippen molar-refractivity contribution in [2.45, 2.75) is 47.1 Å². The Morgan fingerprint density at radius 3 is 2.67 bits per heavy atom. The van der Waals surface area contributed by atoms with Crippen LogP contribution in [0.5, 0.6) is 0 Å². The Kier molecular flexibility index (Phi) is 5.48. The van der Waals surface area contributed by atoms with Crippen molar-refractivity contribution in [1.82, 2.24) is 24.9 Å². The number of carbonyl (C=O) groups is 2. The molecule has 2 rings (SSSR count). The molecule has 0 saturated carbocycles. The number of aromatic nitrogens is 4. The molecule has 0 aromatic carbocycles. The molecule has 130 valence electrons. The van der Waals surface area contributed by atoms with Crippen LogP contribution in [-0.4, -0.2) is 44.1 Å². The van der Waals surface area contributed by atoms with Crippen LogP contribution in [0, 0.1) is 19.8 Å². The summed E-state index contributed by atoms with van der Waals surface area (Å²) in [6, 6.07) is 0.0274. The quantitative estimate of drug-likeness (QED) is 0.792. The minimum absolute atomic E-state index is 0.0274. The second-order valence-electron chi connectivity index (χ2n) is 6.17. The highest BCUT2D eigenvalue weighted by molar-refractivity contribution is 5.81. The predicted molar refractivity (Wildman–Crippen MR) is 87.4 cm³/mol. The van der Waals surface area contributed by atoms with Crippen LogP contribution in [0.25, 0.3) is 5.78 Å². The number of nitrogens with zero attached hydrogens (tertiary/aromatic N) is 4. The van der Waals surface area contributed by atoms with Crippen molar-refractivity contribution in [2.24, 2.45) is 5.92 Å². The number of esters is 1. The molecule has 0 radical (unpaired) electrons. The topological polar surface area (TPSA) is 98.5 Å². The van der Waals surface area contributed by atoms with E-state index < -0.39 is 5.97 Å². The third-order valence-electron chi connectivity index (χ3n) is 4.06. The van der Waals surface area contributed by atoms with Crippen LogP contribution in [-0.2, 0) is 20.7 Å². The first-order valence-corrected chi connectivity index (χ1v) is 7.90. The molecule has 24 heavy (non-hydrogen) atoms. The molecule has 0 spiro atoms. The van der Waals surface area contributed by atoms with E-state index in [1.165, 1.54) is 6.33 Å². The lowest BCUT2D eigenvalue weighted by molar-refractivity contribution is -0.148. The van der Waals surface area contributed by atoms with E-state index in [9.17, 15) is 9.59 Å². The standard InChI is InChI=1S/C16H23N5O3/c1-9(2)10(3)19-14(22)7-24-15(23)6-13-11(4)20-16-17-8-18-21(16)12(13)5/h8-10H,6-7H2,1-5H3,(H,19,22)/t10-/m0/s1. The second kappa shape index (κ2) is 7.37. The van der Waals surface area contributed by atoms with Crippen LogP contribution >= 0.6 is 0 Å². The zero-order chi connectivity index (χ0) is 17.9. The number of rotatable bonds is 6. The normalized spacial score (nSPS) is 12.4. The molecule has 0 unspecified atom stereocenters. The third-order valence-corrected chi connectivity index (χ3v) is 4.06. The van der Waals surface area contributed by atoms with Crippen molar-refractivity contribution < 1.29 is 14.3 Å². The number of hydrogen-bond acceptors (Lipinski definition) is 6. The largest absolute Gasteiger partial charge is 0.455 e. The molecule has 2 aromatic rings. The number of nitrogens with one attached hydrogen (secondary N) is 1. The summed E-state index contributed by atoms with van der Waals surface area (Å²) in [6.07, 6.45) is 1.45. The SMILES string of the molecule is Cc1nc2ncnn2c(C)c1CC(=O)OCC(=O)N[C@@H](C)C(C)C. The molecular formula is C16H23N5O3. The maximum absolute atomic E-state index is 12.0. The number of fused-ring (bicyclic) bond motifs is 1. The molecule has 1 atom stereocenters. The maximum atomic E-state index is 12.0. The summed E-state index contributed by atoms with van der Waals surface area (Å²) < 4.78 is 6.64. The van der Waals surface area contributed by atoms with Gasteiger partial charge >= 0.3 is 5.97 Å². The van der Waals surface area contributed by atoms with Gasteiger partial charge in [-0.3, -0.25) is 9.59 Å². The highest BCUT2D eigenvalue weighted by Crippen LogP contribution is 2.14. The van der Waals surface area contributed by atoms with Gasteiger partial charge < -0.3 is 10.1 Å². The van der Waals surface area contributed by atoms with Gasteiger partial charge in [0, 0.05) is 23.0 Å². The van der Waals surface area contributed by atoms with E-state index in [-0.39, 0.29) is 25.0 Å². The molecule has 8 nitrogen and oxygen atoms in total. The fourth-order valence-corrected chi connectivity index (χ4v) is 2.21. The number of aryl methyl sites for hydroxylation is 2. The van der Waals surface area contributed by atoms with Crippen molar-refractivity contribution in [2.75, 3.05) is 6.61 Å². The van der Waals surface area contributed by atoms with E-state index in [0.717, 1.165) is 11.3 Å². The van der Waals surface area contributed by atoms with Crippen molar-refractivity contribution in [1.29, 1.82) is 0 Å². The molecule has 0 aliphatic rings. The summed E-state index contributed by atoms with van der Waals surface area (Å²) in [7, 11) is 0. The highest BCUT2D eigenvalue weighted by Gasteiger charge is 2.17. The lowest BCUT2D eigenvalue weighted by Gasteiger charge is -2.17. The molecule has 0 aliphatic carbocycles. The monoisotopic (exact) mass is 333 g/mol. The lowest BCUT2D eigenvalue weighted by Crippen LogP contribution is -2.38. The van der Waals surface area contributed by atoms with Gasteiger partial charge in [0.1, 0.15) is 6.33 Å². The first-order chi connectivity index (χ1) is 11.3. The van der Waals surface area contributed by atoms with Gasteiger partial charge in [0.25, 0.3) is 11.7 Å². The molecule has 1 N–H and O–H groups in total. The molecule has 2 heterocycles. The molecule has 0 aliphatic heterocycles. The van der Waals surface area contributed by atoms with Crippen molar-refractivity contribution in [3.63, 3.8) is 0 Å². The summed E-state index contributed by atoms with van der Waals surface area (Å²) >= 11 is 0. The Balaban J connectivity index is 1.97.